The lowest BCUT2D eigenvalue weighted by molar-refractivity contribution is -0.133. The molecule has 0 radical (unpaired) electrons. The van der Waals surface area contributed by atoms with Crippen molar-refractivity contribution in [3.8, 4) is 0 Å². The lowest BCUT2D eigenvalue weighted by Crippen LogP contribution is -2.43. The number of piperidine rings is 1. The summed E-state index contributed by atoms with van der Waals surface area (Å²) in [5.41, 5.74) is 0.505. The van der Waals surface area contributed by atoms with E-state index in [0.717, 1.165) is 23.1 Å². The van der Waals surface area contributed by atoms with Crippen LogP contribution < -0.4 is 5.69 Å². The molecular formula is C20H24ClN5O3. The molecule has 4 rings (SSSR count). The van der Waals surface area contributed by atoms with Gasteiger partial charge in [0.1, 0.15) is 6.54 Å². The van der Waals surface area contributed by atoms with Crippen molar-refractivity contribution in [1.82, 2.24) is 24.1 Å². The van der Waals surface area contributed by atoms with Crippen LogP contribution in [0.2, 0.25) is 5.02 Å². The first-order valence-electron chi connectivity index (χ1n) is 9.91. The molecule has 0 atom stereocenters. The minimum atomic E-state index is -0.408. The Morgan fingerprint density at radius 2 is 1.93 bits per heavy atom. The SMILES string of the molecule is CC1CCN(C(=O)Cn2nc3n(c2=O)CCN(Cc2cccc(Cl)c2)C3=O)CC1. The Balaban J connectivity index is 1.48. The molecule has 2 aliphatic heterocycles. The molecule has 3 heterocycles. The van der Waals surface area contributed by atoms with Gasteiger partial charge >= 0.3 is 5.69 Å². The van der Waals surface area contributed by atoms with E-state index in [4.69, 9.17) is 11.6 Å². The fraction of sp³-hybridized carbons (Fsp3) is 0.500. The largest absolute Gasteiger partial charge is 0.346 e. The third-order valence-electron chi connectivity index (χ3n) is 5.68. The molecule has 1 aromatic heterocycles. The third kappa shape index (κ3) is 4.07. The van der Waals surface area contributed by atoms with Gasteiger partial charge in [-0.2, -0.15) is 0 Å². The van der Waals surface area contributed by atoms with Gasteiger partial charge in [0, 0.05) is 37.7 Å². The maximum atomic E-state index is 12.9. The van der Waals surface area contributed by atoms with Gasteiger partial charge in [-0.05, 0) is 36.5 Å². The van der Waals surface area contributed by atoms with E-state index in [0.29, 0.717) is 43.7 Å². The monoisotopic (exact) mass is 417 g/mol. The second-order valence-electron chi connectivity index (χ2n) is 7.84. The van der Waals surface area contributed by atoms with Crippen molar-refractivity contribution in [2.75, 3.05) is 19.6 Å². The molecule has 2 amide bonds. The second kappa shape index (κ2) is 8.02. The van der Waals surface area contributed by atoms with E-state index in [1.807, 2.05) is 18.2 Å². The summed E-state index contributed by atoms with van der Waals surface area (Å²) >= 11 is 6.02. The molecular weight excluding hydrogens is 394 g/mol. The lowest BCUT2D eigenvalue weighted by Gasteiger charge is -2.30. The number of carbonyl (C=O) groups is 2. The molecule has 2 aromatic rings. The molecule has 1 fully saturated rings. The zero-order chi connectivity index (χ0) is 20.5. The summed E-state index contributed by atoms with van der Waals surface area (Å²) in [5, 5.41) is 4.80. The van der Waals surface area contributed by atoms with E-state index in [1.165, 1.54) is 4.57 Å². The van der Waals surface area contributed by atoms with Crippen LogP contribution in [0.15, 0.2) is 29.1 Å². The summed E-state index contributed by atoms with van der Waals surface area (Å²) in [6.07, 6.45) is 1.94. The van der Waals surface area contributed by atoms with Crippen LogP contribution in [0.3, 0.4) is 0 Å². The number of nitrogens with zero attached hydrogens (tertiary/aromatic N) is 5. The van der Waals surface area contributed by atoms with Crippen LogP contribution >= 0.6 is 11.6 Å². The molecule has 0 bridgehead atoms. The minimum absolute atomic E-state index is 0.0864. The number of hydrogen-bond acceptors (Lipinski definition) is 4. The average Bonchev–Trinajstić information content (AvgIpc) is 3.01. The smallest absolute Gasteiger partial charge is 0.341 e. The summed E-state index contributed by atoms with van der Waals surface area (Å²) < 4.78 is 2.48. The molecule has 154 valence electrons. The first-order valence-corrected chi connectivity index (χ1v) is 10.3. The first-order chi connectivity index (χ1) is 13.9. The van der Waals surface area contributed by atoms with E-state index in [9.17, 15) is 14.4 Å². The summed E-state index contributed by atoms with van der Waals surface area (Å²) in [6, 6.07) is 7.33. The molecule has 0 spiro atoms. The molecule has 8 nitrogen and oxygen atoms in total. The van der Waals surface area contributed by atoms with Crippen molar-refractivity contribution in [2.24, 2.45) is 5.92 Å². The van der Waals surface area contributed by atoms with E-state index in [-0.39, 0.29) is 24.2 Å². The van der Waals surface area contributed by atoms with Crippen molar-refractivity contribution < 1.29 is 9.59 Å². The quantitative estimate of drug-likeness (QED) is 0.757. The Labute approximate surface area is 173 Å². The van der Waals surface area contributed by atoms with Crippen LogP contribution in [0.5, 0.6) is 0 Å². The second-order valence-corrected chi connectivity index (χ2v) is 8.27. The zero-order valence-electron chi connectivity index (χ0n) is 16.4. The molecule has 1 aromatic carbocycles. The normalized spacial score (nSPS) is 17.5. The van der Waals surface area contributed by atoms with Gasteiger partial charge in [0.05, 0.1) is 0 Å². The average molecular weight is 418 g/mol. The number of halogens is 1. The summed E-state index contributed by atoms with van der Waals surface area (Å²) in [6.45, 7) is 4.61. The van der Waals surface area contributed by atoms with Gasteiger partial charge in [0.2, 0.25) is 11.7 Å². The summed E-state index contributed by atoms with van der Waals surface area (Å²) in [5.74, 6) is 0.261. The fourth-order valence-corrected chi connectivity index (χ4v) is 4.07. The Hall–Kier alpha value is -2.61. The molecule has 0 N–H and O–H groups in total. The Morgan fingerprint density at radius 3 is 2.66 bits per heavy atom. The highest BCUT2D eigenvalue weighted by Crippen LogP contribution is 2.17. The minimum Gasteiger partial charge on any atom is -0.341 e. The van der Waals surface area contributed by atoms with Gasteiger partial charge in [0.25, 0.3) is 5.91 Å². The molecule has 9 heteroatoms. The van der Waals surface area contributed by atoms with E-state index in [1.54, 1.807) is 15.9 Å². The number of aromatic nitrogens is 3. The predicted molar refractivity (Wildman–Crippen MR) is 108 cm³/mol. The number of carbonyl (C=O) groups excluding carboxylic acids is 2. The van der Waals surface area contributed by atoms with E-state index in [2.05, 4.69) is 12.0 Å². The lowest BCUT2D eigenvalue weighted by atomic mass is 9.99. The van der Waals surface area contributed by atoms with E-state index < -0.39 is 5.69 Å². The van der Waals surface area contributed by atoms with Gasteiger partial charge in [0.15, 0.2) is 0 Å². The van der Waals surface area contributed by atoms with Gasteiger partial charge < -0.3 is 9.80 Å². The van der Waals surface area contributed by atoms with Crippen LogP contribution in [0.1, 0.15) is 35.9 Å². The summed E-state index contributed by atoms with van der Waals surface area (Å²) in [4.78, 5) is 41.5. The van der Waals surface area contributed by atoms with Crippen molar-refractivity contribution in [3.63, 3.8) is 0 Å². The van der Waals surface area contributed by atoms with Crippen LogP contribution in [0.25, 0.3) is 0 Å². The van der Waals surface area contributed by atoms with Crippen molar-refractivity contribution in [3.05, 3.63) is 51.2 Å². The first kappa shape index (κ1) is 19.7. The van der Waals surface area contributed by atoms with Gasteiger partial charge in [-0.25, -0.2) is 9.48 Å². The van der Waals surface area contributed by atoms with Crippen molar-refractivity contribution >= 4 is 23.4 Å². The highest BCUT2D eigenvalue weighted by Gasteiger charge is 2.30. The Bertz CT molecular complexity index is 990. The van der Waals surface area contributed by atoms with Crippen molar-refractivity contribution in [2.45, 2.75) is 39.4 Å². The zero-order valence-corrected chi connectivity index (χ0v) is 17.1. The number of hydrogen-bond donors (Lipinski definition) is 0. The molecule has 0 aliphatic carbocycles. The molecule has 0 unspecified atom stereocenters. The molecule has 2 aliphatic rings. The van der Waals surface area contributed by atoms with Gasteiger partial charge in [-0.15, -0.1) is 5.10 Å². The van der Waals surface area contributed by atoms with Gasteiger partial charge in [-0.3, -0.25) is 14.2 Å². The number of benzene rings is 1. The number of likely N-dealkylation sites (tertiary alicyclic amines) is 1. The maximum absolute atomic E-state index is 12.9. The Kier molecular flexibility index (Phi) is 5.45. The van der Waals surface area contributed by atoms with Gasteiger partial charge in [-0.1, -0.05) is 30.7 Å². The number of rotatable bonds is 4. The van der Waals surface area contributed by atoms with E-state index >= 15 is 0 Å². The molecule has 1 saturated heterocycles. The highest BCUT2D eigenvalue weighted by molar-refractivity contribution is 6.30. The van der Waals surface area contributed by atoms with Crippen LogP contribution in [-0.4, -0.2) is 55.6 Å². The predicted octanol–water partition coefficient (Wildman–Crippen LogP) is 1.61. The van der Waals surface area contributed by atoms with Crippen LogP contribution in [0, 0.1) is 5.92 Å². The molecule has 29 heavy (non-hydrogen) atoms. The third-order valence-corrected chi connectivity index (χ3v) is 5.91. The standard InChI is InChI=1S/C20H24ClN5O3/c1-14-5-7-23(8-6-14)17(27)13-26-20(29)25-10-9-24(19(28)18(25)22-26)12-15-3-2-4-16(21)11-15/h2-4,11,14H,5-10,12-13H2,1H3. The summed E-state index contributed by atoms with van der Waals surface area (Å²) in [7, 11) is 0. The highest BCUT2D eigenvalue weighted by atomic mass is 35.5. The maximum Gasteiger partial charge on any atom is 0.346 e. The van der Waals surface area contributed by atoms with Crippen molar-refractivity contribution in [1.29, 1.82) is 0 Å². The molecule has 0 saturated carbocycles. The topological polar surface area (TPSA) is 80.4 Å². The van der Waals surface area contributed by atoms with Crippen LogP contribution in [0.4, 0.5) is 0 Å². The van der Waals surface area contributed by atoms with Crippen LogP contribution in [-0.2, 0) is 24.4 Å². The Morgan fingerprint density at radius 1 is 1.17 bits per heavy atom. The number of fused-ring (bicyclic) bond motifs is 1. The fourth-order valence-electron chi connectivity index (χ4n) is 3.86. The number of amides is 2.